The van der Waals surface area contributed by atoms with E-state index in [9.17, 15) is 9.18 Å². The highest BCUT2D eigenvalue weighted by molar-refractivity contribution is 7.15. The number of nitrogens with two attached hydrogens (primary N) is 1. The third kappa shape index (κ3) is 4.26. The summed E-state index contributed by atoms with van der Waals surface area (Å²) in [6, 6.07) is 7.75. The summed E-state index contributed by atoms with van der Waals surface area (Å²) in [6.07, 6.45) is 4.52. The average Bonchev–Trinajstić information content (AvgIpc) is 3.50. The first-order valence-corrected chi connectivity index (χ1v) is 13.5. The van der Waals surface area contributed by atoms with Crippen LogP contribution in [-0.4, -0.2) is 40.2 Å². The average molecular weight is 557 g/mol. The number of anilines is 1. The molecule has 5 heterocycles. The van der Waals surface area contributed by atoms with E-state index >= 15 is 0 Å². The van der Waals surface area contributed by atoms with E-state index in [0.717, 1.165) is 10.5 Å². The summed E-state index contributed by atoms with van der Waals surface area (Å²) in [7, 11) is 0. The van der Waals surface area contributed by atoms with Crippen molar-refractivity contribution in [2.75, 3.05) is 5.73 Å². The molecule has 0 radical (unpaired) electrons. The van der Waals surface area contributed by atoms with Crippen molar-refractivity contribution in [1.82, 2.24) is 34.1 Å². The Balaban J connectivity index is 1.57. The smallest absolute Gasteiger partial charge is 0.316 e. The Labute approximate surface area is 232 Å². The molecule has 2 N–H and O–H groups in total. The second-order valence-electron chi connectivity index (χ2n) is 9.69. The largest absolute Gasteiger partial charge is 0.461 e. The minimum atomic E-state index is -0.492. The maximum atomic E-state index is 14.3. The number of nitrogens with zero attached hydrogens (tertiary/aromatic N) is 7. The Morgan fingerprint density at radius 1 is 1.05 bits per heavy atom. The van der Waals surface area contributed by atoms with E-state index in [2.05, 4.69) is 19.9 Å². The molecule has 6 rings (SSSR count). The quantitative estimate of drug-likeness (QED) is 0.302. The number of hydrogen-bond donors (Lipinski definition) is 1. The molecule has 0 aliphatic carbocycles. The number of fused-ring (bicyclic) bond motifs is 2. The van der Waals surface area contributed by atoms with E-state index in [4.69, 9.17) is 15.6 Å². The number of pyridine rings is 1. The minimum Gasteiger partial charge on any atom is -0.461 e. The van der Waals surface area contributed by atoms with E-state index in [-0.39, 0.29) is 23.5 Å². The molecule has 12 heteroatoms. The molecule has 0 aliphatic rings. The molecule has 40 heavy (non-hydrogen) atoms. The number of thiazole rings is 1. The van der Waals surface area contributed by atoms with Crippen LogP contribution in [0.5, 0.6) is 6.01 Å². The van der Waals surface area contributed by atoms with Crippen molar-refractivity contribution in [2.24, 2.45) is 0 Å². The van der Waals surface area contributed by atoms with Crippen molar-refractivity contribution in [3.63, 3.8) is 0 Å². The van der Waals surface area contributed by atoms with Crippen molar-refractivity contribution in [3.8, 4) is 28.4 Å². The van der Waals surface area contributed by atoms with Crippen LogP contribution in [0.2, 0.25) is 0 Å². The number of nitrogen functional groups attached to an aromatic ring is 1. The lowest BCUT2D eigenvalue weighted by Crippen LogP contribution is -2.21. The van der Waals surface area contributed by atoms with Gasteiger partial charge in [0.2, 0.25) is 0 Å². The molecule has 0 amide bonds. The molecule has 0 aliphatic heterocycles. The van der Waals surface area contributed by atoms with Gasteiger partial charge in [-0.1, -0.05) is 12.1 Å². The molecule has 202 valence electrons. The summed E-state index contributed by atoms with van der Waals surface area (Å²) < 4.78 is 23.3. The molecular formula is C28H25FN8O2S. The highest BCUT2D eigenvalue weighted by Crippen LogP contribution is 2.36. The summed E-state index contributed by atoms with van der Waals surface area (Å²) in [5, 5.41) is 7.34. The summed E-state index contributed by atoms with van der Waals surface area (Å²) in [4.78, 5) is 31.9. The molecule has 0 saturated heterocycles. The van der Waals surface area contributed by atoms with E-state index in [1.54, 1.807) is 33.6 Å². The third-order valence-electron chi connectivity index (χ3n) is 6.60. The first kappa shape index (κ1) is 25.6. The first-order chi connectivity index (χ1) is 19.2. The van der Waals surface area contributed by atoms with Gasteiger partial charge in [-0.2, -0.15) is 5.10 Å². The fourth-order valence-electron chi connectivity index (χ4n) is 4.80. The van der Waals surface area contributed by atoms with Gasteiger partial charge < -0.3 is 10.5 Å². The monoisotopic (exact) mass is 556 g/mol. The number of aromatic nitrogens is 7. The molecule has 0 spiro atoms. The zero-order chi connectivity index (χ0) is 28.1. The van der Waals surface area contributed by atoms with Crippen LogP contribution in [-0.2, 0) is 0 Å². The Kier molecular flexibility index (Phi) is 6.26. The number of hydrogen-bond acceptors (Lipinski definition) is 9. The van der Waals surface area contributed by atoms with Crippen LogP contribution in [0.4, 0.5) is 10.2 Å². The fourth-order valence-corrected chi connectivity index (χ4v) is 5.72. The van der Waals surface area contributed by atoms with E-state index in [1.165, 1.54) is 29.8 Å². The SMILES string of the molecule is Cc1csc2cc([C@H](C)n3nc(-c4cnc(OC(C)C)nc4)c4c(N)ncnc43)c(-c3cccc(F)c3)c(=O)n12. The standard InChI is InChI=1S/C28H25FN8O2S/c1-14(2)39-28-31-10-18(11-32-28)24-23-25(30)33-13-34-26(23)37(35-24)16(4)20-9-21-36(15(3)12-40-21)27(38)22(20)17-6-5-7-19(29)8-17/h5-14,16H,1-4H3,(H2,30,33,34)/t16-/m0/s1. The summed E-state index contributed by atoms with van der Waals surface area (Å²) in [5.41, 5.74) is 9.99. The van der Waals surface area contributed by atoms with Crippen LogP contribution in [0.1, 0.15) is 38.1 Å². The molecule has 6 aromatic rings. The second-order valence-corrected chi connectivity index (χ2v) is 10.6. The van der Waals surface area contributed by atoms with Crippen LogP contribution in [0.15, 0.2) is 59.2 Å². The molecule has 5 aromatic heterocycles. The lowest BCUT2D eigenvalue weighted by Gasteiger charge is -2.18. The van der Waals surface area contributed by atoms with E-state index in [0.29, 0.717) is 39.0 Å². The van der Waals surface area contributed by atoms with Crippen LogP contribution in [0.25, 0.3) is 38.2 Å². The first-order valence-electron chi connectivity index (χ1n) is 12.6. The molecular weight excluding hydrogens is 531 g/mol. The summed E-state index contributed by atoms with van der Waals surface area (Å²) >= 11 is 1.46. The van der Waals surface area contributed by atoms with Crippen molar-refractivity contribution < 1.29 is 9.13 Å². The number of aryl methyl sites for hydroxylation is 1. The van der Waals surface area contributed by atoms with Crippen molar-refractivity contribution >= 4 is 33.0 Å². The number of rotatable bonds is 6. The Morgan fingerprint density at radius 3 is 2.55 bits per heavy atom. The number of halogens is 1. The predicted octanol–water partition coefficient (Wildman–Crippen LogP) is 5.05. The van der Waals surface area contributed by atoms with Gasteiger partial charge in [0.15, 0.2) is 5.65 Å². The molecule has 0 bridgehead atoms. The molecule has 1 aromatic carbocycles. The van der Waals surface area contributed by atoms with Gasteiger partial charge in [-0.3, -0.25) is 9.20 Å². The highest BCUT2D eigenvalue weighted by atomic mass is 32.1. The molecule has 0 unspecified atom stereocenters. The maximum absolute atomic E-state index is 14.3. The highest BCUT2D eigenvalue weighted by Gasteiger charge is 2.26. The molecule has 10 nitrogen and oxygen atoms in total. The summed E-state index contributed by atoms with van der Waals surface area (Å²) in [5.74, 6) is -0.185. The Morgan fingerprint density at radius 2 is 1.82 bits per heavy atom. The topological polar surface area (TPSA) is 126 Å². The maximum Gasteiger partial charge on any atom is 0.316 e. The van der Waals surface area contributed by atoms with Gasteiger partial charge in [0.1, 0.15) is 28.5 Å². The van der Waals surface area contributed by atoms with Crippen molar-refractivity contribution in [3.05, 3.63) is 81.9 Å². The molecule has 1 atom stereocenters. The Hall–Kier alpha value is -4.71. The van der Waals surface area contributed by atoms with Crippen molar-refractivity contribution in [2.45, 2.75) is 39.8 Å². The van der Waals surface area contributed by atoms with Gasteiger partial charge in [0.25, 0.3) is 5.56 Å². The van der Waals surface area contributed by atoms with Gasteiger partial charge in [0.05, 0.1) is 23.1 Å². The van der Waals surface area contributed by atoms with E-state index in [1.807, 2.05) is 39.1 Å². The zero-order valence-corrected chi connectivity index (χ0v) is 23.0. The van der Waals surface area contributed by atoms with Gasteiger partial charge in [-0.05, 0) is 57.0 Å². The predicted molar refractivity (Wildman–Crippen MR) is 152 cm³/mol. The number of ether oxygens (including phenoxy) is 1. The van der Waals surface area contributed by atoms with Gasteiger partial charge in [0, 0.05) is 29.0 Å². The lowest BCUT2D eigenvalue weighted by molar-refractivity contribution is 0.222. The zero-order valence-electron chi connectivity index (χ0n) is 22.2. The summed E-state index contributed by atoms with van der Waals surface area (Å²) in [6.45, 7) is 7.57. The van der Waals surface area contributed by atoms with Crippen LogP contribution in [0.3, 0.4) is 0 Å². The van der Waals surface area contributed by atoms with Gasteiger partial charge in [-0.15, -0.1) is 11.3 Å². The third-order valence-corrected chi connectivity index (χ3v) is 7.60. The Bertz CT molecular complexity index is 1940. The van der Waals surface area contributed by atoms with Crippen LogP contribution >= 0.6 is 11.3 Å². The van der Waals surface area contributed by atoms with Gasteiger partial charge in [-0.25, -0.2) is 29.0 Å². The normalized spacial score (nSPS) is 12.4. The number of benzene rings is 1. The minimum absolute atomic E-state index is 0.0726. The fraction of sp³-hybridized carbons (Fsp3) is 0.214. The second kappa shape index (κ2) is 9.79. The molecule has 0 fully saturated rings. The van der Waals surface area contributed by atoms with Crippen LogP contribution < -0.4 is 16.0 Å². The lowest BCUT2D eigenvalue weighted by atomic mass is 9.97. The van der Waals surface area contributed by atoms with Crippen LogP contribution in [0, 0.1) is 12.7 Å². The molecule has 0 saturated carbocycles. The van der Waals surface area contributed by atoms with Crippen molar-refractivity contribution in [1.29, 1.82) is 0 Å². The van der Waals surface area contributed by atoms with Gasteiger partial charge >= 0.3 is 6.01 Å². The van der Waals surface area contributed by atoms with E-state index < -0.39 is 11.9 Å².